The van der Waals surface area contributed by atoms with Crippen molar-refractivity contribution < 1.29 is 0 Å². The molecule has 0 aromatic heterocycles. The molecule has 4 nitrogen and oxygen atoms in total. The van der Waals surface area contributed by atoms with E-state index in [1.54, 1.807) is 0 Å². The van der Waals surface area contributed by atoms with Gasteiger partial charge in [-0.3, -0.25) is 0 Å². The molecular formula is C14H24N4. The lowest BCUT2D eigenvalue weighted by atomic mass is 9.90. The Bertz CT molecular complexity index is 275. The smallest absolute Gasteiger partial charge is 0.0638 e. The van der Waals surface area contributed by atoms with Crippen LogP contribution in [0.5, 0.6) is 0 Å². The highest BCUT2D eigenvalue weighted by molar-refractivity contribution is 4.87. The van der Waals surface area contributed by atoms with E-state index in [2.05, 4.69) is 36.6 Å². The summed E-state index contributed by atoms with van der Waals surface area (Å²) < 4.78 is 0. The van der Waals surface area contributed by atoms with Gasteiger partial charge in [0.05, 0.1) is 25.0 Å². The Balaban J connectivity index is 2.21. The summed E-state index contributed by atoms with van der Waals surface area (Å²) in [5.74, 6) is 0. The van der Waals surface area contributed by atoms with Crippen molar-refractivity contribution in [3.63, 3.8) is 0 Å². The summed E-state index contributed by atoms with van der Waals surface area (Å²) in [6.07, 6.45) is 5.80. The third kappa shape index (κ3) is 5.49. The molecule has 0 saturated heterocycles. The first-order chi connectivity index (χ1) is 8.65. The zero-order valence-corrected chi connectivity index (χ0v) is 11.4. The predicted molar refractivity (Wildman–Crippen MR) is 71.7 cm³/mol. The number of rotatable bonds is 6. The van der Waals surface area contributed by atoms with Gasteiger partial charge in [0.1, 0.15) is 0 Å². The number of hydrogen-bond donors (Lipinski definition) is 2. The van der Waals surface area contributed by atoms with Crippen LogP contribution >= 0.6 is 0 Å². The Morgan fingerprint density at radius 2 is 1.22 bits per heavy atom. The maximum absolute atomic E-state index is 8.63. The maximum atomic E-state index is 8.63. The summed E-state index contributed by atoms with van der Waals surface area (Å²) in [7, 11) is 0. The summed E-state index contributed by atoms with van der Waals surface area (Å²) >= 11 is 0. The monoisotopic (exact) mass is 248 g/mol. The molecule has 2 N–H and O–H groups in total. The highest BCUT2D eigenvalue weighted by atomic mass is 15.0. The van der Waals surface area contributed by atoms with E-state index in [-0.39, 0.29) is 0 Å². The van der Waals surface area contributed by atoms with Crippen LogP contribution in [-0.2, 0) is 0 Å². The summed E-state index contributed by atoms with van der Waals surface area (Å²) in [5.41, 5.74) is 0. The van der Waals surface area contributed by atoms with Gasteiger partial charge in [-0.25, -0.2) is 0 Å². The van der Waals surface area contributed by atoms with E-state index in [0.717, 1.165) is 25.7 Å². The van der Waals surface area contributed by atoms with Gasteiger partial charge in [-0.05, 0) is 39.5 Å². The molecular weight excluding hydrogens is 224 g/mol. The Hall–Kier alpha value is -1.10. The minimum atomic E-state index is 0.294. The van der Waals surface area contributed by atoms with Crippen LogP contribution < -0.4 is 10.6 Å². The lowest BCUT2D eigenvalue weighted by molar-refractivity contribution is 0.280. The summed E-state index contributed by atoms with van der Waals surface area (Å²) in [6, 6.07) is 6.09. The average Bonchev–Trinajstić information content (AvgIpc) is 2.32. The summed E-state index contributed by atoms with van der Waals surface area (Å²) in [5, 5.41) is 24.3. The van der Waals surface area contributed by atoms with Crippen molar-refractivity contribution in [3.05, 3.63) is 0 Å². The highest BCUT2D eigenvalue weighted by Crippen LogP contribution is 2.20. The minimum Gasteiger partial charge on any atom is -0.310 e. The molecule has 1 aliphatic carbocycles. The van der Waals surface area contributed by atoms with Crippen molar-refractivity contribution in [2.75, 3.05) is 0 Å². The molecule has 2 atom stereocenters. The first-order valence-corrected chi connectivity index (χ1v) is 6.91. The van der Waals surface area contributed by atoms with Crippen molar-refractivity contribution >= 4 is 0 Å². The number of nitriles is 2. The van der Waals surface area contributed by atoms with Crippen LogP contribution in [0.15, 0.2) is 0 Å². The SMILES string of the molecule is CC(CC#N)NC1CCC(NC(C)CC#N)CC1. The van der Waals surface area contributed by atoms with E-state index in [9.17, 15) is 0 Å². The first-order valence-electron chi connectivity index (χ1n) is 6.91. The molecule has 1 aliphatic rings. The van der Waals surface area contributed by atoms with Crippen LogP contribution in [0.1, 0.15) is 52.4 Å². The Labute approximate surface area is 110 Å². The zero-order chi connectivity index (χ0) is 13.4. The molecule has 0 aromatic rings. The number of nitrogens with zero attached hydrogens (tertiary/aromatic N) is 2. The van der Waals surface area contributed by atoms with Crippen molar-refractivity contribution in [2.24, 2.45) is 0 Å². The van der Waals surface area contributed by atoms with Gasteiger partial charge in [-0.15, -0.1) is 0 Å². The fraction of sp³-hybridized carbons (Fsp3) is 0.857. The largest absolute Gasteiger partial charge is 0.310 e. The third-order valence-corrected chi connectivity index (χ3v) is 3.56. The molecule has 1 saturated carbocycles. The van der Waals surface area contributed by atoms with E-state index in [1.165, 1.54) is 0 Å². The molecule has 2 unspecified atom stereocenters. The molecule has 1 fully saturated rings. The molecule has 0 spiro atoms. The number of nitrogens with one attached hydrogen (secondary N) is 2. The van der Waals surface area contributed by atoms with Crippen LogP contribution in [0.3, 0.4) is 0 Å². The van der Waals surface area contributed by atoms with Crippen molar-refractivity contribution in [1.29, 1.82) is 10.5 Å². The van der Waals surface area contributed by atoms with Crippen LogP contribution in [0.25, 0.3) is 0 Å². The van der Waals surface area contributed by atoms with E-state index in [0.29, 0.717) is 37.0 Å². The quantitative estimate of drug-likeness (QED) is 0.755. The van der Waals surface area contributed by atoms with Crippen molar-refractivity contribution in [1.82, 2.24) is 10.6 Å². The van der Waals surface area contributed by atoms with E-state index < -0.39 is 0 Å². The van der Waals surface area contributed by atoms with Crippen LogP contribution in [0, 0.1) is 22.7 Å². The van der Waals surface area contributed by atoms with Gasteiger partial charge in [0.15, 0.2) is 0 Å². The summed E-state index contributed by atoms with van der Waals surface area (Å²) in [4.78, 5) is 0. The minimum absolute atomic E-state index is 0.294. The number of hydrogen-bond acceptors (Lipinski definition) is 4. The van der Waals surface area contributed by atoms with Crippen LogP contribution in [-0.4, -0.2) is 24.2 Å². The lowest BCUT2D eigenvalue weighted by Crippen LogP contribution is -2.44. The Morgan fingerprint density at radius 3 is 1.50 bits per heavy atom. The van der Waals surface area contributed by atoms with E-state index in [4.69, 9.17) is 10.5 Å². The van der Waals surface area contributed by atoms with Gasteiger partial charge >= 0.3 is 0 Å². The van der Waals surface area contributed by atoms with Gasteiger partial charge in [0.2, 0.25) is 0 Å². The second-order valence-electron chi connectivity index (χ2n) is 5.41. The zero-order valence-electron chi connectivity index (χ0n) is 11.4. The van der Waals surface area contributed by atoms with Gasteiger partial charge in [0, 0.05) is 24.2 Å². The second-order valence-corrected chi connectivity index (χ2v) is 5.41. The first kappa shape index (κ1) is 15.0. The van der Waals surface area contributed by atoms with Gasteiger partial charge in [-0.2, -0.15) is 10.5 Å². The lowest BCUT2D eigenvalue weighted by Gasteiger charge is -2.32. The molecule has 0 aliphatic heterocycles. The summed E-state index contributed by atoms with van der Waals surface area (Å²) in [6.45, 7) is 4.14. The molecule has 18 heavy (non-hydrogen) atoms. The third-order valence-electron chi connectivity index (χ3n) is 3.56. The average molecular weight is 248 g/mol. The molecule has 0 aromatic carbocycles. The molecule has 0 amide bonds. The highest BCUT2D eigenvalue weighted by Gasteiger charge is 2.22. The molecule has 100 valence electrons. The molecule has 0 radical (unpaired) electrons. The second kappa shape index (κ2) is 8.08. The maximum Gasteiger partial charge on any atom is 0.0638 e. The molecule has 0 heterocycles. The predicted octanol–water partition coefficient (Wildman–Crippen LogP) is 2.08. The fourth-order valence-corrected chi connectivity index (χ4v) is 2.62. The van der Waals surface area contributed by atoms with Crippen LogP contribution in [0.2, 0.25) is 0 Å². The molecule has 4 heteroatoms. The molecule has 1 rings (SSSR count). The van der Waals surface area contributed by atoms with Crippen molar-refractivity contribution in [3.8, 4) is 12.1 Å². The van der Waals surface area contributed by atoms with Gasteiger partial charge < -0.3 is 10.6 Å². The topological polar surface area (TPSA) is 71.6 Å². The fourth-order valence-electron chi connectivity index (χ4n) is 2.62. The Morgan fingerprint density at radius 1 is 0.889 bits per heavy atom. The van der Waals surface area contributed by atoms with Crippen LogP contribution in [0.4, 0.5) is 0 Å². The van der Waals surface area contributed by atoms with Gasteiger partial charge in [-0.1, -0.05) is 0 Å². The van der Waals surface area contributed by atoms with E-state index >= 15 is 0 Å². The van der Waals surface area contributed by atoms with E-state index in [1.807, 2.05) is 0 Å². The Kier molecular flexibility index (Phi) is 6.72. The standard InChI is InChI=1S/C14H24N4/c1-11(7-9-15)17-13-3-5-14(6-4-13)18-12(2)8-10-16/h11-14,17-18H,3-8H2,1-2H3. The molecule has 0 bridgehead atoms. The normalized spacial score (nSPS) is 26.9. The van der Waals surface area contributed by atoms with Crippen molar-refractivity contribution in [2.45, 2.75) is 76.5 Å². The van der Waals surface area contributed by atoms with Gasteiger partial charge in [0.25, 0.3) is 0 Å².